The second-order valence-corrected chi connectivity index (χ2v) is 8.62. The molecule has 1 aromatic carbocycles. The van der Waals surface area contributed by atoms with E-state index in [9.17, 15) is 34.8 Å². The Balaban J connectivity index is 1.82. The summed E-state index contributed by atoms with van der Waals surface area (Å²) in [4.78, 5) is 1.19. The maximum Gasteiger partial charge on any atom is 0.416 e. The number of rotatable bonds is 4. The molecule has 27 heavy (non-hydrogen) atoms. The molecule has 2 aliphatic rings. The third-order valence-electron chi connectivity index (χ3n) is 4.79. The van der Waals surface area contributed by atoms with Crippen LogP contribution >= 0.6 is 0 Å². The summed E-state index contributed by atoms with van der Waals surface area (Å²) in [6.07, 6.45) is -7.08. The molecule has 0 unspecified atom stereocenters. The van der Waals surface area contributed by atoms with Crippen molar-refractivity contribution < 1.29 is 34.8 Å². The molecular formula is C16H18F6N2O2S. The van der Waals surface area contributed by atoms with E-state index in [0.29, 0.717) is 32.0 Å². The predicted octanol–water partition coefficient (Wildman–Crippen LogP) is 3.63. The van der Waals surface area contributed by atoms with Gasteiger partial charge in [0.1, 0.15) is 0 Å². The van der Waals surface area contributed by atoms with Gasteiger partial charge >= 0.3 is 12.4 Å². The summed E-state index contributed by atoms with van der Waals surface area (Å²) < 4.78 is 105. The Morgan fingerprint density at radius 3 is 1.74 bits per heavy atom. The maximum absolute atomic E-state index is 12.9. The Bertz CT molecular complexity index is 762. The van der Waals surface area contributed by atoms with Crippen molar-refractivity contribution in [3.05, 3.63) is 29.3 Å². The lowest BCUT2D eigenvalue weighted by atomic mass is 10.1. The number of likely N-dealkylation sites (tertiary alicyclic amines) is 1. The Kier molecular flexibility index (Phi) is 5.23. The number of sulfonamides is 1. The molecule has 1 aliphatic heterocycles. The highest BCUT2D eigenvalue weighted by molar-refractivity contribution is 7.89. The van der Waals surface area contributed by atoms with Crippen LogP contribution < -0.4 is 4.72 Å². The standard InChI is InChI=1S/C16H18F6N2O2S/c17-15(18,19)10-7-11(16(20,21)22)9-14(8-10)27(25,26)23-12-3-5-24(6-4-12)13-1-2-13/h7-9,12-13,23H,1-6H2. The Morgan fingerprint density at radius 1 is 0.852 bits per heavy atom. The fraction of sp³-hybridized carbons (Fsp3) is 0.625. The summed E-state index contributed by atoms with van der Waals surface area (Å²) in [5.74, 6) is 0. The first-order valence-corrected chi connectivity index (χ1v) is 9.90. The monoisotopic (exact) mass is 416 g/mol. The summed E-state index contributed by atoms with van der Waals surface area (Å²) in [7, 11) is -4.52. The number of hydrogen-bond acceptors (Lipinski definition) is 3. The van der Waals surface area contributed by atoms with E-state index in [1.165, 1.54) is 0 Å². The maximum atomic E-state index is 12.9. The van der Waals surface area contributed by atoms with Crippen LogP contribution in [0.15, 0.2) is 23.1 Å². The van der Waals surface area contributed by atoms with Crippen molar-refractivity contribution in [1.82, 2.24) is 9.62 Å². The van der Waals surface area contributed by atoms with Crippen molar-refractivity contribution in [2.24, 2.45) is 0 Å². The van der Waals surface area contributed by atoms with E-state index >= 15 is 0 Å². The summed E-state index contributed by atoms with van der Waals surface area (Å²) in [5.41, 5.74) is -3.30. The van der Waals surface area contributed by atoms with Crippen LogP contribution in [0.4, 0.5) is 26.3 Å². The van der Waals surface area contributed by atoms with Gasteiger partial charge in [-0.1, -0.05) is 0 Å². The first kappa shape index (κ1) is 20.4. The summed E-state index contributed by atoms with van der Waals surface area (Å²) in [5, 5.41) is 0. The lowest BCUT2D eigenvalue weighted by molar-refractivity contribution is -0.143. The minimum Gasteiger partial charge on any atom is -0.300 e. The topological polar surface area (TPSA) is 49.4 Å². The van der Waals surface area contributed by atoms with Gasteiger partial charge in [-0.2, -0.15) is 26.3 Å². The first-order chi connectivity index (χ1) is 12.4. The molecule has 0 bridgehead atoms. The molecule has 1 N–H and O–H groups in total. The molecule has 0 radical (unpaired) electrons. The summed E-state index contributed by atoms with van der Waals surface area (Å²) >= 11 is 0. The van der Waals surface area contributed by atoms with Gasteiger partial charge in [0.05, 0.1) is 16.0 Å². The van der Waals surface area contributed by atoms with Gasteiger partial charge < -0.3 is 4.90 Å². The van der Waals surface area contributed by atoms with Gasteiger partial charge in [-0.05, 0) is 57.0 Å². The van der Waals surface area contributed by atoms with Gasteiger partial charge in [0.25, 0.3) is 0 Å². The number of alkyl halides is 6. The molecule has 1 aliphatic carbocycles. The molecule has 2 fully saturated rings. The van der Waals surface area contributed by atoms with Crippen molar-refractivity contribution in [1.29, 1.82) is 0 Å². The van der Waals surface area contributed by atoms with Gasteiger partial charge in [0, 0.05) is 12.1 Å². The minimum absolute atomic E-state index is 0.0901. The number of nitrogens with one attached hydrogen (secondary N) is 1. The number of nitrogens with zero attached hydrogens (tertiary/aromatic N) is 1. The van der Waals surface area contributed by atoms with Gasteiger partial charge in [-0.15, -0.1) is 0 Å². The van der Waals surface area contributed by atoms with Crippen LogP contribution in [-0.4, -0.2) is 38.5 Å². The van der Waals surface area contributed by atoms with E-state index in [-0.39, 0.29) is 18.2 Å². The lowest BCUT2D eigenvalue weighted by Crippen LogP contribution is -2.45. The molecule has 1 aromatic rings. The third kappa shape index (κ3) is 4.94. The zero-order valence-corrected chi connectivity index (χ0v) is 14.9. The van der Waals surface area contributed by atoms with Gasteiger partial charge in [-0.25, -0.2) is 13.1 Å². The van der Waals surface area contributed by atoms with Crippen LogP contribution in [0.1, 0.15) is 36.8 Å². The smallest absolute Gasteiger partial charge is 0.300 e. The highest BCUT2D eigenvalue weighted by Gasteiger charge is 2.39. The summed E-state index contributed by atoms with van der Waals surface area (Å²) in [6, 6.07) is 0.371. The fourth-order valence-corrected chi connectivity index (χ4v) is 4.57. The Morgan fingerprint density at radius 2 is 1.33 bits per heavy atom. The normalized spacial score (nSPS) is 20.8. The van der Waals surface area contributed by atoms with Crippen LogP contribution in [-0.2, 0) is 22.4 Å². The van der Waals surface area contributed by atoms with E-state index in [4.69, 9.17) is 0 Å². The molecule has 11 heteroatoms. The summed E-state index contributed by atoms with van der Waals surface area (Å²) in [6.45, 7) is 1.29. The number of hydrogen-bond donors (Lipinski definition) is 1. The molecule has 1 heterocycles. The lowest BCUT2D eigenvalue weighted by Gasteiger charge is -2.32. The molecule has 152 valence electrons. The van der Waals surface area contributed by atoms with Crippen LogP contribution in [0.25, 0.3) is 0 Å². The number of halogens is 6. The highest BCUT2D eigenvalue weighted by Crippen LogP contribution is 2.37. The van der Waals surface area contributed by atoms with Crippen molar-refractivity contribution in [2.45, 2.75) is 55.0 Å². The predicted molar refractivity (Wildman–Crippen MR) is 84.4 cm³/mol. The molecule has 1 saturated heterocycles. The largest absolute Gasteiger partial charge is 0.416 e. The second-order valence-electron chi connectivity index (χ2n) is 6.90. The molecule has 3 rings (SSSR count). The van der Waals surface area contributed by atoms with E-state index in [0.717, 1.165) is 12.8 Å². The zero-order chi connectivity index (χ0) is 20.0. The van der Waals surface area contributed by atoms with Gasteiger partial charge in [-0.3, -0.25) is 0 Å². The molecule has 1 saturated carbocycles. The molecular weight excluding hydrogens is 398 g/mol. The van der Waals surface area contributed by atoms with Crippen molar-refractivity contribution in [3.63, 3.8) is 0 Å². The number of benzene rings is 1. The van der Waals surface area contributed by atoms with Crippen molar-refractivity contribution in [3.8, 4) is 0 Å². The average molecular weight is 416 g/mol. The average Bonchev–Trinajstić information content (AvgIpc) is 3.38. The molecule has 0 amide bonds. The van der Waals surface area contributed by atoms with E-state index < -0.39 is 44.4 Å². The quantitative estimate of drug-likeness (QED) is 0.763. The van der Waals surface area contributed by atoms with Crippen LogP contribution in [0, 0.1) is 0 Å². The highest BCUT2D eigenvalue weighted by atomic mass is 32.2. The molecule has 0 spiro atoms. The van der Waals surface area contributed by atoms with Crippen molar-refractivity contribution >= 4 is 10.0 Å². The van der Waals surface area contributed by atoms with Crippen molar-refractivity contribution in [2.75, 3.05) is 13.1 Å². The SMILES string of the molecule is O=S(=O)(NC1CCN(C2CC2)CC1)c1cc(C(F)(F)F)cc(C(F)(F)F)c1. The fourth-order valence-electron chi connectivity index (χ4n) is 3.19. The van der Waals surface area contributed by atoms with E-state index in [1.54, 1.807) is 0 Å². The molecule has 4 nitrogen and oxygen atoms in total. The van der Waals surface area contributed by atoms with E-state index in [1.807, 2.05) is 0 Å². The van der Waals surface area contributed by atoms with Crippen LogP contribution in [0.5, 0.6) is 0 Å². The zero-order valence-electron chi connectivity index (χ0n) is 14.1. The van der Waals surface area contributed by atoms with Crippen LogP contribution in [0.3, 0.4) is 0 Å². The number of piperidine rings is 1. The first-order valence-electron chi connectivity index (χ1n) is 8.42. The second kappa shape index (κ2) is 6.93. The Labute approximate surface area is 152 Å². The van der Waals surface area contributed by atoms with Crippen LogP contribution in [0.2, 0.25) is 0 Å². The van der Waals surface area contributed by atoms with Gasteiger partial charge in [0.15, 0.2) is 0 Å². The third-order valence-corrected chi connectivity index (χ3v) is 6.29. The molecule has 0 aromatic heterocycles. The minimum atomic E-state index is -5.10. The Hall–Kier alpha value is -1.33. The molecule has 0 atom stereocenters. The van der Waals surface area contributed by atoms with E-state index in [2.05, 4.69) is 9.62 Å². The van der Waals surface area contributed by atoms with Gasteiger partial charge in [0.2, 0.25) is 10.0 Å².